The molecule has 10 heteroatoms. The molecule has 0 bridgehead atoms. The Balaban J connectivity index is 1.80. The van der Waals surface area contributed by atoms with Gasteiger partial charge in [-0.1, -0.05) is 24.2 Å². The molecular weight excluding hydrogens is 382 g/mol. The molecule has 1 aliphatic rings. The third-order valence-corrected chi connectivity index (χ3v) is 6.45. The number of aryl methyl sites for hydroxylation is 1. The molecule has 0 N–H and O–H groups in total. The minimum absolute atomic E-state index is 0.0127. The van der Waals surface area contributed by atoms with E-state index in [4.69, 9.17) is 9.37 Å². The Morgan fingerprint density at radius 1 is 1.32 bits per heavy atom. The van der Waals surface area contributed by atoms with E-state index in [0.29, 0.717) is 26.2 Å². The van der Waals surface area contributed by atoms with Gasteiger partial charge in [0.15, 0.2) is 0 Å². The summed E-state index contributed by atoms with van der Waals surface area (Å²) in [5.74, 6) is 0.276. The lowest BCUT2D eigenvalue weighted by molar-refractivity contribution is 0.127. The summed E-state index contributed by atoms with van der Waals surface area (Å²) < 4.78 is 38.1. The first kappa shape index (κ1) is 20.9. The van der Waals surface area contributed by atoms with Crippen LogP contribution in [0.1, 0.15) is 43.8 Å². The first-order valence-electron chi connectivity index (χ1n) is 9.61. The molecule has 0 radical (unpaired) electrons. The SMILES string of the molecule is Cc1nonc1CN(C)Cc1cnc(S(=O)(=O)C[C@H]2CCCO2)n1CC(C)C. The topological polar surface area (TPSA) is 103 Å². The predicted molar refractivity (Wildman–Crippen MR) is 102 cm³/mol. The van der Waals surface area contributed by atoms with Crippen molar-refractivity contribution < 1.29 is 17.8 Å². The zero-order valence-electron chi connectivity index (χ0n) is 17.0. The average Bonchev–Trinajstić information content (AvgIpc) is 3.32. The molecule has 1 saturated heterocycles. The maximum absolute atomic E-state index is 13.0. The summed E-state index contributed by atoms with van der Waals surface area (Å²) in [6, 6.07) is 0. The second-order valence-corrected chi connectivity index (χ2v) is 9.85. The van der Waals surface area contributed by atoms with Gasteiger partial charge in [0.2, 0.25) is 15.0 Å². The molecule has 0 saturated carbocycles. The lowest BCUT2D eigenvalue weighted by Gasteiger charge is -2.19. The Morgan fingerprint density at radius 3 is 2.71 bits per heavy atom. The van der Waals surface area contributed by atoms with Gasteiger partial charge in [-0.3, -0.25) is 4.90 Å². The van der Waals surface area contributed by atoms with Crippen LogP contribution in [0.15, 0.2) is 16.0 Å². The van der Waals surface area contributed by atoms with Crippen LogP contribution >= 0.6 is 0 Å². The van der Waals surface area contributed by atoms with Gasteiger partial charge >= 0.3 is 0 Å². The largest absolute Gasteiger partial charge is 0.377 e. The quantitative estimate of drug-likeness (QED) is 0.615. The van der Waals surface area contributed by atoms with Gasteiger partial charge in [-0.05, 0) is 32.7 Å². The van der Waals surface area contributed by atoms with Gasteiger partial charge in [-0.15, -0.1) is 0 Å². The summed E-state index contributed by atoms with van der Waals surface area (Å²) >= 11 is 0. The summed E-state index contributed by atoms with van der Waals surface area (Å²) in [5.41, 5.74) is 2.38. The van der Waals surface area contributed by atoms with Gasteiger partial charge < -0.3 is 9.30 Å². The fourth-order valence-electron chi connectivity index (χ4n) is 3.40. The second kappa shape index (κ2) is 8.71. The molecule has 1 atom stereocenters. The summed E-state index contributed by atoms with van der Waals surface area (Å²) in [5, 5.41) is 7.85. The van der Waals surface area contributed by atoms with Crippen molar-refractivity contribution in [1.82, 2.24) is 24.8 Å². The van der Waals surface area contributed by atoms with E-state index in [-0.39, 0.29) is 22.9 Å². The van der Waals surface area contributed by atoms with E-state index in [1.54, 1.807) is 6.20 Å². The lowest BCUT2D eigenvalue weighted by Crippen LogP contribution is -2.26. The fraction of sp³-hybridized carbons (Fsp3) is 0.722. The fourth-order valence-corrected chi connectivity index (χ4v) is 5.05. The molecule has 0 unspecified atom stereocenters. The highest BCUT2D eigenvalue weighted by molar-refractivity contribution is 7.91. The molecule has 9 nitrogen and oxygen atoms in total. The molecule has 3 heterocycles. The molecule has 28 heavy (non-hydrogen) atoms. The van der Waals surface area contributed by atoms with Crippen LogP contribution in [-0.2, 0) is 34.2 Å². The van der Waals surface area contributed by atoms with E-state index in [9.17, 15) is 8.42 Å². The molecule has 0 aliphatic carbocycles. The van der Waals surface area contributed by atoms with Crippen molar-refractivity contribution in [3.05, 3.63) is 23.3 Å². The van der Waals surface area contributed by atoms with Gasteiger partial charge in [0.1, 0.15) is 11.4 Å². The van der Waals surface area contributed by atoms with Crippen LogP contribution in [0.3, 0.4) is 0 Å². The number of sulfone groups is 1. The Bertz CT molecular complexity index is 884. The van der Waals surface area contributed by atoms with E-state index in [0.717, 1.165) is 29.9 Å². The summed E-state index contributed by atoms with van der Waals surface area (Å²) in [6.45, 7) is 8.30. The molecular formula is C18H29N5O4S. The number of imidazole rings is 1. The van der Waals surface area contributed by atoms with Gasteiger partial charge in [-0.25, -0.2) is 18.0 Å². The van der Waals surface area contributed by atoms with Crippen LogP contribution in [0.4, 0.5) is 0 Å². The van der Waals surface area contributed by atoms with Gasteiger partial charge in [0.25, 0.3) is 0 Å². The smallest absolute Gasteiger partial charge is 0.227 e. The first-order valence-corrected chi connectivity index (χ1v) is 11.3. The molecule has 3 rings (SSSR count). The van der Waals surface area contributed by atoms with Crippen LogP contribution in [-0.4, -0.2) is 58.7 Å². The highest BCUT2D eigenvalue weighted by Gasteiger charge is 2.29. The Kier molecular flexibility index (Phi) is 6.51. The molecule has 0 spiro atoms. The minimum Gasteiger partial charge on any atom is -0.377 e. The normalized spacial score (nSPS) is 17.9. The van der Waals surface area contributed by atoms with Gasteiger partial charge in [0, 0.05) is 26.2 Å². The van der Waals surface area contributed by atoms with Crippen molar-refractivity contribution >= 4 is 9.84 Å². The standard InChI is InChI=1S/C18H29N5O4S/c1-13(2)9-23-15(10-22(4)11-17-14(3)20-27-21-17)8-19-18(23)28(24,25)12-16-6-5-7-26-16/h8,13,16H,5-7,9-12H2,1-4H3/t16-/m1/s1. The molecule has 0 amide bonds. The zero-order chi connectivity index (χ0) is 20.3. The number of ether oxygens (including phenoxy) is 1. The summed E-state index contributed by atoms with van der Waals surface area (Å²) in [6.07, 6.45) is 3.12. The molecule has 1 fully saturated rings. The lowest BCUT2D eigenvalue weighted by atomic mass is 10.2. The maximum atomic E-state index is 13.0. The van der Waals surface area contributed by atoms with E-state index < -0.39 is 9.84 Å². The minimum atomic E-state index is -3.52. The van der Waals surface area contributed by atoms with E-state index in [1.165, 1.54) is 0 Å². The van der Waals surface area contributed by atoms with E-state index in [2.05, 4.69) is 29.1 Å². The van der Waals surface area contributed by atoms with Crippen molar-refractivity contribution in [2.75, 3.05) is 19.4 Å². The maximum Gasteiger partial charge on any atom is 0.227 e. The number of aromatic nitrogens is 4. The van der Waals surface area contributed by atoms with Crippen LogP contribution in [0.5, 0.6) is 0 Å². The van der Waals surface area contributed by atoms with Crippen LogP contribution in [0.25, 0.3) is 0 Å². The monoisotopic (exact) mass is 411 g/mol. The summed E-state index contributed by atoms with van der Waals surface area (Å²) in [4.78, 5) is 6.34. The average molecular weight is 412 g/mol. The van der Waals surface area contributed by atoms with Gasteiger partial charge in [0.05, 0.1) is 23.7 Å². The molecule has 0 aromatic carbocycles. The molecule has 156 valence electrons. The second-order valence-electron chi connectivity index (χ2n) is 7.92. The Morgan fingerprint density at radius 2 is 2.11 bits per heavy atom. The number of nitrogens with zero attached hydrogens (tertiary/aromatic N) is 5. The molecule has 2 aromatic rings. The van der Waals surface area contributed by atoms with Crippen LogP contribution < -0.4 is 0 Å². The molecule has 2 aromatic heterocycles. The van der Waals surface area contributed by atoms with Crippen molar-refractivity contribution in [3.63, 3.8) is 0 Å². The number of rotatable bonds is 9. The van der Waals surface area contributed by atoms with E-state index in [1.807, 2.05) is 23.4 Å². The Hall–Kier alpha value is -1.78. The number of hydrogen-bond donors (Lipinski definition) is 0. The Labute approximate surface area is 166 Å². The molecule has 1 aliphatic heterocycles. The van der Waals surface area contributed by atoms with Crippen LogP contribution in [0.2, 0.25) is 0 Å². The number of hydrogen-bond acceptors (Lipinski definition) is 8. The first-order chi connectivity index (χ1) is 13.3. The van der Waals surface area contributed by atoms with E-state index >= 15 is 0 Å². The van der Waals surface area contributed by atoms with Crippen molar-refractivity contribution in [1.29, 1.82) is 0 Å². The van der Waals surface area contributed by atoms with Crippen molar-refractivity contribution in [2.45, 2.75) is 64.5 Å². The van der Waals surface area contributed by atoms with Gasteiger partial charge in [-0.2, -0.15) is 0 Å². The van der Waals surface area contributed by atoms with Crippen molar-refractivity contribution in [3.8, 4) is 0 Å². The third kappa shape index (κ3) is 4.98. The van der Waals surface area contributed by atoms with Crippen molar-refractivity contribution in [2.24, 2.45) is 5.92 Å². The zero-order valence-corrected chi connectivity index (χ0v) is 17.8. The third-order valence-electron chi connectivity index (χ3n) is 4.75. The predicted octanol–water partition coefficient (Wildman–Crippen LogP) is 1.82. The highest BCUT2D eigenvalue weighted by Crippen LogP contribution is 2.21. The van der Waals surface area contributed by atoms with Crippen LogP contribution in [0, 0.1) is 12.8 Å². The summed E-state index contributed by atoms with van der Waals surface area (Å²) in [7, 11) is -1.57. The highest BCUT2D eigenvalue weighted by atomic mass is 32.2.